The Labute approximate surface area is 104 Å². The molecular weight excluding hydrogens is 234 g/mol. The fourth-order valence-electron chi connectivity index (χ4n) is 2.17. The Morgan fingerprint density at radius 3 is 2.76 bits per heavy atom. The van der Waals surface area contributed by atoms with Crippen molar-refractivity contribution in [1.29, 1.82) is 0 Å². The highest BCUT2D eigenvalue weighted by atomic mass is 32.1. The maximum absolute atomic E-state index is 5.39. The highest BCUT2D eigenvalue weighted by Crippen LogP contribution is 2.31. The molecule has 0 spiro atoms. The van der Waals surface area contributed by atoms with Gasteiger partial charge < -0.3 is 9.64 Å². The summed E-state index contributed by atoms with van der Waals surface area (Å²) in [4.78, 5) is 12.5. The van der Waals surface area contributed by atoms with Crippen LogP contribution in [0.3, 0.4) is 0 Å². The van der Waals surface area contributed by atoms with Crippen LogP contribution in [0.5, 0.6) is 0 Å². The Balaban J connectivity index is 2.15. The number of ether oxygens (including phenoxy) is 1. The summed E-state index contributed by atoms with van der Waals surface area (Å²) in [5.74, 6) is 1.93. The molecule has 0 saturated carbocycles. The quantitative estimate of drug-likeness (QED) is 0.776. The second-order valence-corrected chi connectivity index (χ2v) is 5.15. The van der Waals surface area contributed by atoms with E-state index in [1.165, 1.54) is 10.9 Å². The van der Waals surface area contributed by atoms with Crippen LogP contribution >= 0.6 is 11.3 Å². The van der Waals surface area contributed by atoms with Gasteiger partial charge in [-0.25, -0.2) is 9.97 Å². The second kappa shape index (κ2) is 4.23. The van der Waals surface area contributed by atoms with Crippen LogP contribution in [0.2, 0.25) is 0 Å². The highest BCUT2D eigenvalue weighted by Gasteiger charge is 2.18. The topological polar surface area (TPSA) is 38.2 Å². The first-order valence-corrected chi connectivity index (χ1v) is 6.69. The minimum atomic E-state index is 0.785. The molecule has 1 aliphatic rings. The number of hydrogen-bond donors (Lipinski definition) is 0. The van der Waals surface area contributed by atoms with Crippen LogP contribution in [0.1, 0.15) is 11.4 Å². The number of nitrogens with zero attached hydrogens (tertiary/aromatic N) is 3. The van der Waals surface area contributed by atoms with Gasteiger partial charge in [-0.15, -0.1) is 11.3 Å². The van der Waals surface area contributed by atoms with E-state index < -0.39 is 0 Å². The number of rotatable bonds is 1. The third kappa shape index (κ3) is 1.89. The van der Waals surface area contributed by atoms with E-state index in [0.29, 0.717) is 0 Å². The number of morpholine rings is 1. The number of hydrogen-bond acceptors (Lipinski definition) is 5. The summed E-state index contributed by atoms with van der Waals surface area (Å²) in [6.45, 7) is 7.49. The minimum absolute atomic E-state index is 0.785. The van der Waals surface area contributed by atoms with Crippen molar-refractivity contribution in [2.75, 3.05) is 31.2 Å². The summed E-state index contributed by atoms with van der Waals surface area (Å²) in [6, 6.07) is 0. The molecule has 2 aromatic rings. The van der Waals surface area contributed by atoms with Gasteiger partial charge in [0.15, 0.2) is 0 Å². The van der Waals surface area contributed by atoms with Crippen LogP contribution in [0, 0.1) is 13.8 Å². The number of aromatic nitrogens is 2. The highest BCUT2D eigenvalue weighted by molar-refractivity contribution is 7.17. The minimum Gasteiger partial charge on any atom is -0.378 e. The van der Waals surface area contributed by atoms with E-state index in [4.69, 9.17) is 4.74 Å². The molecule has 0 amide bonds. The van der Waals surface area contributed by atoms with Crippen LogP contribution in [0.15, 0.2) is 5.38 Å². The van der Waals surface area contributed by atoms with Gasteiger partial charge in [0.2, 0.25) is 0 Å². The van der Waals surface area contributed by atoms with Gasteiger partial charge >= 0.3 is 0 Å². The van der Waals surface area contributed by atoms with Gasteiger partial charge in [0.1, 0.15) is 16.5 Å². The molecule has 4 nitrogen and oxygen atoms in total. The summed E-state index contributed by atoms with van der Waals surface area (Å²) in [5.41, 5.74) is 1.27. The number of thiophene rings is 1. The SMILES string of the molecule is Cc1nc(N2CCOCC2)c2c(C)csc2n1. The molecule has 17 heavy (non-hydrogen) atoms. The summed E-state index contributed by atoms with van der Waals surface area (Å²) in [5, 5.41) is 3.37. The van der Waals surface area contributed by atoms with E-state index >= 15 is 0 Å². The zero-order valence-electron chi connectivity index (χ0n) is 10.1. The van der Waals surface area contributed by atoms with Crippen LogP contribution in [0.25, 0.3) is 10.2 Å². The van der Waals surface area contributed by atoms with Crippen LogP contribution in [0.4, 0.5) is 5.82 Å². The summed E-state index contributed by atoms with van der Waals surface area (Å²) >= 11 is 1.70. The predicted octanol–water partition coefficient (Wildman–Crippen LogP) is 2.14. The zero-order chi connectivity index (χ0) is 11.8. The number of fused-ring (bicyclic) bond motifs is 1. The molecule has 3 heterocycles. The molecule has 1 saturated heterocycles. The van der Waals surface area contributed by atoms with Gasteiger partial charge in [-0.05, 0) is 24.8 Å². The smallest absolute Gasteiger partial charge is 0.141 e. The second-order valence-electron chi connectivity index (χ2n) is 4.29. The normalized spacial score (nSPS) is 16.7. The van der Waals surface area contributed by atoms with E-state index in [2.05, 4.69) is 27.2 Å². The molecule has 0 bridgehead atoms. The third-order valence-electron chi connectivity index (χ3n) is 3.02. The zero-order valence-corrected chi connectivity index (χ0v) is 10.9. The lowest BCUT2D eigenvalue weighted by Crippen LogP contribution is -2.37. The lowest BCUT2D eigenvalue weighted by Gasteiger charge is -2.28. The Morgan fingerprint density at radius 1 is 1.24 bits per heavy atom. The van der Waals surface area contributed by atoms with Gasteiger partial charge in [-0.2, -0.15) is 0 Å². The summed E-state index contributed by atoms with van der Waals surface area (Å²) in [6.07, 6.45) is 0. The largest absolute Gasteiger partial charge is 0.378 e. The average molecular weight is 249 g/mol. The number of aryl methyl sites for hydroxylation is 2. The molecule has 0 N–H and O–H groups in total. The van der Waals surface area contributed by atoms with Crippen LogP contribution in [-0.2, 0) is 4.74 Å². The molecule has 2 aromatic heterocycles. The first-order valence-electron chi connectivity index (χ1n) is 5.81. The van der Waals surface area contributed by atoms with Crippen molar-refractivity contribution in [2.45, 2.75) is 13.8 Å². The lowest BCUT2D eigenvalue weighted by atomic mass is 10.2. The molecule has 0 unspecified atom stereocenters. The van der Waals surface area contributed by atoms with Crippen molar-refractivity contribution in [3.8, 4) is 0 Å². The van der Waals surface area contributed by atoms with Gasteiger partial charge in [0.25, 0.3) is 0 Å². The van der Waals surface area contributed by atoms with Crippen LogP contribution in [-0.4, -0.2) is 36.3 Å². The lowest BCUT2D eigenvalue weighted by molar-refractivity contribution is 0.122. The molecule has 90 valence electrons. The van der Waals surface area contributed by atoms with E-state index in [0.717, 1.165) is 42.8 Å². The third-order valence-corrected chi connectivity index (χ3v) is 4.01. The summed E-state index contributed by atoms with van der Waals surface area (Å²) < 4.78 is 5.39. The molecule has 1 aliphatic heterocycles. The molecule has 1 fully saturated rings. The van der Waals surface area contributed by atoms with Crippen molar-refractivity contribution in [2.24, 2.45) is 0 Å². The standard InChI is InChI=1S/C12H15N3OS/c1-8-7-17-12-10(8)11(13-9(2)14-12)15-3-5-16-6-4-15/h7H,3-6H2,1-2H3. The fourth-order valence-corrected chi connectivity index (χ4v) is 3.13. The molecule has 5 heteroatoms. The van der Waals surface area contributed by atoms with Crippen molar-refractivity contribution < 1.29 is 4.74 Å². The Bertz CT molecular complexity index is 546. The van der Waals surface area contributed by atoms with Crippen LogP contribution < -0.4 is 4.90 Å². The van der Waals surface area contributed by atoms with E-state index in [1.807, 2.05) is 6.92 Å². The van der Waals surface area contributed by atoms with Gasteiger partial charge in [-0.1, -0.05) is 0 Å². The van der Waals surface area contributed by atoms with Crippen molar-refractivity contribution >= 4 is 27.4 Å². The molecular formula is C12H15N3OS. The van der Waals surface area contributed by atoms with E-state index in [9.17, 15) is 0 Å². The first kappa shape index (κ1) is 10.9. The van der Waals surface area contributed by atoms with Crippen molar-refractivity contribution in [3.63, 3.8) is 0 Å². The van der Waals surface area contributed by atoms with Crippen molar-refractivity contribution in [1.82, 2.24) is 9.97 Å². The van der Waals surface area contributed by atoms with Gasteiger partial charge in [0.05, 0.1) is 18.6 Å². The molecule has 0 atom stereocenters. The fraction of sp³-hybridized carbons (Fsp3) is 0.500. The Morgan fingerprint density at radius 2 is 2.00 bits per heavy atom. The molecule has 0 aromatic carbocycles. The molecule has 0 radical (unpaired) electrons. The number of anilines is 1. The first-order chi connectivity index (χ1) is 8.25. The van der Waals surface area contributed by atoms with Crippen molar-refractivity contribution in [3.05, 3.63) is 16.8 Å². The van der Waals surface area contributed by atoms with Gasteiger partial charge in [-0.3, -0.25) is 0 Å². The monoisotopic (exact) mass is 249 g/mol. The Kier molecular flexibility index (Phi) is 2.72. The maximum Gasteiger partial charge on any atom is 0.141 e. The predicted molar refractivity (Wildman–Crippen MR) is 69.9 cm³/mol. The summed E-state index contributed by atoms with van der Waals surface area (Å²) in [7, 11) is 0. The maximum atomic E-state index is 5.39. The Hall–Kier alpha value is -1.20. The van der Waals surface area contributed by atoms with E-state index in [-0.39, 0.29) is 0 Å². The molecule has 0 aliphatic carbocycles. The molecule has 3 rings (SSSR count). The average Bonchev–Trinajstić information content (AvgIpc) is 2.71. The van der Waals surface area contributed by atoms with Gasteiger partial charge in [0, 0.05) is 13.1 Å². The van der Waals surface area contributed by atoms with E-state index in [1.54, 1.807) is 11.3 Å².